The summed E-state index contributed by atoms with van der Waals surface area (Å²) >= 11 is -1.26. The van der Waals surface area contributed by atoms with E-state index in [1.807, 2.05) is 0 Å². The first kappa shape index (κ1) is 19.8. The molecule has 0 aliphatic heterocycles. The predicted molar refractivity (Wildman–Crippen MR) is 93.8 cm³/mol. The summed E-state index contributed by atoms with van der Waals surface area (Å²) < 4.78 is 5.03. The molecule has 0 radical (unpaired) electrons. The molecule has 0 fully saturated rings. The molecule has 1 heteroatoms. The molecule has 0 rings (SSSR count). The van der Waals surface area contributed by atoms with Gasteiger partial charge in [0, 0.05) is 0 Å². The first-order valence-corrected chi connectivity index (χ1v) is 16.0. The van der Waals surface area contributed by atoms with Gasteiger partial charge in [-0.25, -0.2) is 0 Å². The van der Waals surface area contributed by atoms with Gasteiger partial charge in [-0.15, -0.1) is 0 Å². The Morgan fingerprint density at radius 3 is 1.05 bits per heavy atom. The topological polar surface area (TPSA) is 0 Å². The molecule has 0 aromatic rings. The molecule has 116 valence electrons. The molecule has 3 atom stereocenters. The zero-order chi connectivity index (χ0) is 14.7. The Morgan fingerprint density at radius 2 is 0.842 bits per heavy atom. The summed E-state index contributed by atoms with van der Waals surface area (Å²) in [6.07, 6.45) is 8.56. The van der Waals surface area contributed by atoms with E-state index in [0.29, 0.717) is 0 Å². The van der Waals surface area contributed by atoms with Crippen molar-refractivity contribution in [2.45, 2.75) is 93.4 Å². The summed E-state index contributed by atoms with van der Waals surface area (Å²) in [6, 6.07) is 0. The molecule has 0 N–H and O–H groups in total. The van der Waals surface area contributed by atoms with Crippen molar-refractivity contribution in [2.75, 3.05) is 0 Å². The van der Waals surface area contributed by atoms with Crippen molar-refractivity contribution in [1.29, 1.82) is 0 Å². The summed E-state index contributed by atoms with van der Waals surface area (Å²) in [5.41, 5.74) is 0. The van der Waals surface area contributed by atoms with Gasteiger partial charge in [0.15, 0.2) is 0 Å². The van der Waals surface area contributed by atoms with Gasteiger partial charge in [0.2, 0.25) is 0 Å². The minimum absolute atomic E-state index is 1.02. The maximum absolute atomic E-state index is 2.52. The van der Waals surface area contributed by atoms with Gasteiger partial charge in [0.05, 0.1) is 0 Å². The summed E-state index contributed by atoms with van der Waals surface area (Å²) in [7, 11) is 0. The Balaban J connectivity index is 4.28. The maximum atomic E-state index is 2.52. The Kier molecular flexibility index (Phi) is 13.1. The van der Waals surface area contributed by atoms with E-state index in [2.05, 4.69) is 41.5 Å². The monoisotopic (exact) mass is 376 g/mol. The molecular formula is C18H40Sn. The molecule has 3 unspecified atom stereocenters. The van der Waals surface area contributed by atoms with Crippen LogP contribution < -0.4 is 0 Å². The van der Waals surface area contributed by atoms with E-state index in [1.165, 1.54) is 38.5 Å². The average Bonchev–Trinajstić information content (AvgIpc) is 2.29. The Hall–Kier alpha value is 0.799. The van der Waals surface area contributed by atoms with E-state index in [-0.39, 0.29) is 0 Å². The van der Waals surface area contributed by atoms with Crippen molar-refractivity contribution in [3.8, 4) is 0 Å². The zero-order valence-electron chi connectivity index (χ0n) is 14.7. The minimum atomic E-state index is -1.26. The Bertz CT molecular complexity index is 157. The fourth-order valence-electron chi connectivity index (χ4n) is 3.83. The molecule has 0 aliphatic carbocycles. The fourth-order valence-corrected chi connectivity index (χ4v) is 17.2. The molecule has 0 spiro atoms. The van der Waals surface area contributed by atoms with Crippen molar-refractivity contribution in [3.63, 3.8) is 0 Å². The van der Waals surface area contributed by atoms with Crippen molar-refractivity contribution in [1.82, 2.24) is 0 Å². The van der Waals surface area contributed by atoms with Gasteiger partial charge >= 0.3 is 131 Å². The SMILES string of the molecule is CCCC(C)[CH2][SnH]([CH2]C(C)CCC)[CH2]C(C)CCC. The second kappa shape index (κ2) is 12.5. The van der Waals surface area contributed by atoms with E-state index in [9.17, 15) is 0 Å². The van der Waals surface area contributed by atoms with Gasteiger partial charge in [-0.05, 0) is 0 Å². The molecule has 0 aromatic carbocycles. The second-order valence-electron chi connectivity index (χ2n) is 7.25. The molecule has 0 heterocycles. The predicted octanol–water partition coefficient (Wildman–Crippen LogP) is 6.52. The van der Waals surface area contributed by atoms with Crippen molar-refractivity contribution >= 4 is 19.8 Å². The molecule has 19 heavy (non-hydrogen) atoms. The van der Waals surface area contributed by atoms with E-state index in [1.54, 1.807) is 13.3 Å². The van der Waals surface area contributed by atoms with Crippen molar-refractivity contribution in [2.24, 2.45) is 17.8 Å². The third-order valence-corrected chi connectivity index (χ3v) is 17.2. The van der Waals surface area contributed by atoms with Crippen molar-refractivity contribution < 1.29 is 0 Å². The first-order valence-electron chi connectivity index (χ1n) is 9.03. The first-order chi connectivity index (χ1) is 9.03. The second-order valence-corrected chi connectivity index (χ2v) is 16.2. The average molecular weight is 375 g/mol. The third-order valence-electron chi connectivity index (χ3n) is 4.55. The molecule has 0 saturated heterocycles. The van der Waals surface area contributed by atoms with Crippen LogP contribution in [0.3, 0.4) is 0 Å². The third kappa shape index (κ3) is 11.2. The van der Waals surface area contributed by atoms with Crippen LogP contribution in [-0.4, -0.2) is 19.8 Å². The van der Waals surface area contributed by atoms with Crippen LogP contribution in [0.15, 0.2) is 0 Å². The summed E-state index contributed by atoms with van der Waals surface area (Å²) in [5, 5.41) is 0. The number of hydrogen-bond donors (Lipinski definition) is 0. The van der Waals surface area contributed by atoms with E-state index < -0.39 is 19.8 Å². The van der Waals surface area contributed by atoms with Crippen LogP contribution in [-0.2, 0) is 0 Å². The summed E-state index contributed by atoms with van der Waals surface area (Å²) in [4.78, 5) is 0. The van der Waals surface area contributed by atoms with Gasteiger partial charge < -0.3 is 0 Å². The van der Waals surface area contributed by atoms with Crippen LogP contribution in [0.25, 0.3) is 0 Å². The van der Waals surface area contributed by atoms with E-state index >= 15 is 0 Å². The van der Waals surface area contributed by atoms with Gasteiger partial charge in [-0.2, -0.15) is 0 Å². The fraction of sp³-hybridized carbons (Fsp3) is 1.00. The Morgan fingerprint density at radius 1 is 0.579 bits per heavy atom. The number of rotatable bonds is 12. The van der Waals surface area contributed by atoms with Crippen LogP contribution in [0, 0.1) is 17.8 Å². The van der Waals surface area contributed by atoms with Crippen molar-refractivity contribution in [3.05, 3.63) is 0 Å². The van der Waals surface area contributed by atoms with Gasteiger partial charge in [-0.3, -0.25) is 0 Å². The van der Waals surface area contributed by atoms with Crippen LogP contribution in [0.2, 0.25) is 13.3 Å². The molecule has 0 aromatic heterocycles. The molecule has 0 saturated carbocycles. The van der Waals surface area contributed by atoms with Crippen LogP contribution in [0.4, 0.5) is 0 Å². The number of hydrogen-bond acceptors (Lipinski definition) is 0. The molecule has 0 bridgehead atoms. The molecule has 0 nitrogen and oxygen atoms in total. The van der Waals surface area contributed by atoms with Crippen LogP contribution in [0.5, 0.6) is 0 Å². The van der Waals surface area contributed by atoms with Crippen LogP contribution >= 0.6 is 0 Å². The standard InChI is InChI=1S/3C6H13.Sn.H/c3*1-4-5-6(2)3;;/h3*6H,2,4-5H2,1,3H3;;. The normalized spacial score (nSPS) is 18.0. The molecule has 0 amide bonds. The van der Waals surface area contributed by atoms with E-state index in [4.69, 9.17) is 0 Å². The Labute approximate surface area is 130 Å². The van der Waals surface area contributed by atoms with Gasteiger partial charge in [-0.1, -0.05) is 0 Å². The van der Waals surface area contributed by atoms with Gasteiger partial charge in [0.1, 0.15) is 0 Å². The van der Waals surface area contributed by atoms with Crippen LogP contribution in [0.1, 0.15) is 80.1 Å². The summed E-state index contributed by atoms with van der Waals surface area (Å²) in [5.74, 6) is 3.07. The van der Waals surface area contributed by atoms with E-state index in [0.717, 1.165) is 17.8 Å². The quantitative estimate of drug-likeness (QED) is 0.341. The summed E-state index contributed by atoms with van der Waals surface area (Å²) in [6.45, 7) is 14.6. The zero-order valence-corrected chi connectivity index (χ0v) is 18.0. The molecular weight excluding hydrogens is 335 g/mol. The molecule has 0 aliphatic rings. The van der Waals surface area contributed by atoms with Gasteiger partial charge in [0.25, 0.3) is 0 Å².